The molecular weight excluding hydrogens is 372 g/mol. The van der Waals surface area contributed by atoms with Crippen LogP contribution in [0.3, 0.4) is 0 Å². The van der Waals surface area contributed by atoms with Crippen LogP contribution in [-0.4, -0.2) is 33.1 Å². The number of rotatable bonds is 7. The van der Waals surface area contributed by atoms with Crippen LogP contribution in [0.1, 0.15) is 34.9 Å². The monoisotopic (exact) mass is 394 g/mol. The van der Waals surface area contributed by atoms with E-state index in [9.17, 15) is 9.59 Å². The van der Waals surface area contributed by atoms with Crippen LogP contribution in [0.15, 0.2) is 64.3 Å². The maximum Gasteiger partial charge on any atom is 0.350 e. The molecule has 0 saturated heterocycles. The molecule has 1 saturated carbocycles. The summed E-state index contributed by atoms with van der Waals surface area (Å²) in [6, 6.07) is 17.1. The molecule has 3 aromatic rings. The van der Waals surface area contributed by atoms with Crippen molar-refractivity contribution in [3.8, 4) is 5.69 Å². The molecule has 0 bridgehead atoms. The third-order valence-corrected chi connectivity index (χ3v) is 5.58. The Hall–Kier alpha value is -2.80. The van der Waals surface area contributed by atoms with Crippen LogP contribution in [-0.2, 0) is 6.54 Å². The fraction of sp³-hybridized carbons (Fsp3) is 0.286. The van der Waals surface area contributed by atoms with Crippen LogP contribution in [0, 0.1) is 0 Å². The molecule has 1 N–H and O–H groups in total. The predicted octanol–water partition coefficient (Wildman–Crippen LogP) is 3.06. The number of hydrogen-bond acceptors (Lipinski definition) is 4. The van der Waals surface area contributed by atoms with E-state index in [2.05, 4.69) is 10.4 Å². The maximum absolute atomic E-state index is 12.9. The lowest BCUT2D eigenvalue weighted by Crippen LogP contribution is -2.32. The van der Waals surface area contributed by atoms with Gasteiger partial charge in [0.1, 0.15) is 5.82 Å². The Bertz CT molecular complexity index is 1040. The van der Waals surface area contributed by atoms with Crippen molar-refractivity contribution in [1.29, 1.82) is 0 Å². The van der Waals surface area contributed by atoms with Crippen molar-refractivity contribution < 1.29 is 4.79 Å². The average Bonchev–Trinajstić information content (AvgIpc) is 3.53. The van der Waals surface area contributed by atoms with E-state index in [1.807, 2.05) is 60.9 Å². The molecule has 1 aromatic heterocycles. The molecule has 0 atom stereocenters. The Labute approximate surface area is 167 Å². The fourth-order valence-electron chi connectivity index (χ4n) is 3.20. The zero-order valence-corrected chi connectivity index (χ0v) is 16.5. The molecule has 0 radical (unpaired) electrons. The number of aromatic nitrogens is 3. The number of thioether (sulfide) groups is 1. The smallest absolute Gasteiger partial charge is 0.350 e. The number of carbonyl (C=O) groups is 1. The van der Waals surface area contributed by atoms with Crippen LogP contribution in [0.4, 0.5) is 0 Å². The minimum absolute atomic E-state index is 0.136. The predicted molar refractivity (Wildman–Crippen MR) is 110 cm³/mol. The minimum atomic E-state index is -0.160. The quantitative estimate of drug-likeness (QED) is 0.626. The molecule has 1 fully saturated rings. The molecule has 1 amide bonds. The maximum atomic E-state index is 12.9. The molecule has 2 aromatic carbocycles. The van der Waals surface area contributed by atoms with Crippen molar-refractivity contribution >= 4 is 17.7 Å². The van der Waals surface area contributed by atoms with Crippen molar-refractivity contribution in [2.24, 2.45) is 0 Å². The first-order valence-electron chi connectivity index (χ1n) is 9.35. The van der Waals surface area contributed by atoms with Gasteiger partial charge in [0.05, 0.1) is 17.8 Å². The fourth-order valence-corrected chi connectivity index (χ4v) is 3.79. The lowest BCUT2D eigenvalue weighted by molar-refractivity contribution is 0.0949. The third kappa shape index (κ3) is 3.75. The van der Waals surface area contributed by atoms with Crippen LogP contribution in [0.25, 0.3) is 5.69 Å². The number of nitrogens with zero attached hydrogens (tertiary/aromatic N) is 3. The summed E-state index contributed by atoms with van der Waals surface area (Å²) in [5, 5.41) is 7.46. The highest BCUT2D eigenvalue weighted by Gasteiger charge is 2.31. The van der Waals surface area contributed by atoms with Gasteiger partial charge >= 0.3 is 5.69 Å². The molecule has 1 aliphatic carbocycles. The van der Waals surface area contributed by atoms with Gasteiger partial charge in [0.25, 0.3) is 5.91 Å². The zero-order chi connectivity index (χ0) is 19.5. The van der Waals surface area contributed by atoms with Gasteiger partial charge < -0.3 is 5.32 Å². The Morgan fingerprint density at radius 3 is 2.57 bits per heavy atom. The van der Waals surface area contributed by atoms with Gasteiger partial charge in [-0.2, -0.15) is 5.10 Å². The van der Waals surface area contributed by atoms with Gasteiger partial charge in [0.2, 0.25) is 0 Å². The molecular formula is C21H22N4O2S. The van der Waals surface area contributed by atoms with Gasteiger partial charge in [0, 0.05) is 17.4 Å². The van der Waals surface area contributed by atoms with E-state index < -0.39 is 0 Å². The van der Waals surface area contributed by atoms with Crippen molar-refractivity contribution in [3.05, 3.63) is 76.5 Å². The second-order valence-electron chi connectivity index (χ2n) is 6.77. The molecule has 1 heterocycles. The number of benzene rings is 2. The van der Waals surface area contributed by atoms with Gasteiger partial charge in [-0.25, -0.2) is 14.0 Å². The van der Waals surface area contributed by atoms with E-state index in [1.54, 1.807) is 4.57 Å². The third-order valence-electron chi connectivity index (χ3n) is 4.78. The van der Waals surface area contributed by atoms with E-state index in [0.29, 0.717) is 24.6 Å². The van der Waals surface area contributed by atoms with Crippen molar-refractivity contribution in [3.63, 3.8) is 0 Å². The van der Waals surface area contributed by atoms with E-state index in [4.69, 9.17) is 0 Å². The highest BCUT2D eigenvalue weighted by Crippen LogP contribution is 2.39. The van der Waals surface area contributed by atoms with Gasteiger partial charge in [0.15, 0.2) is 0 Å². The number of carbonyl (C=O) groups excluding carboxylic acids is 1. The Balaban J connectivity index is 1.50. The molecule has 0 aliphatic heterocycles. The lowest BCUT2D eigenvalue weighted by Gasteiger charge is -2.08. The van der Waals surface area contributed by atoms with E-state index in [1.165, 1.54) is 16.4 Å². The topological polar surface area (TPSA) is 68.9 Å². The minimum Gasteiger partial charge on any atom is -0.350 e. The van der Waals surface area contributed by atoms with Gasteiger partial charge in [-0.15, -0.1) is 11.8 Å². The standard InChI is InChI=1S/C21H22N4O2S/c1-28-18-10-6-5-9-17(18)20(26)22-13-14-24-21(27)25(16-7-3-2-4-8-16)19(23-24)15-11-12-15/h2-10,15H,11-14H2,1H3,(H,22,26). The molecule has 6 nitrogen and oxygen atoms in total. The van der Waals surface area contributed by atoms with Crippen LogP contribution in [0.5, 0.6) is 0 Å². The Morgan fingerprint density at radius 2 is 1.86 bits per heavy atom. The van der Waals surface area contributed by atoms with Crippen molar-refractivity contribution in [2.45, 2.75) is 30.2 Å². The first kappa shape index (κ1) is 18.6. The normalized spacial score (nSPS) is 13.5. The summed E-state index contributed by atoms with van der Waals surface area (Å²) in [4.78, 5) is 26.3. The second kappa shape index (κ2) is 8.06. The van der Waals surface area contributed by atoms with E-state index in [-0.39, 0.29) is 11.6 Å². The summed E-state index contributed by atoms with van der Waals surface area (Å²) in [6.07, 6.45) is 4.07. The largest absolute Gasteiger partial charge is 0.350 e. The molecule has 0 spiro atoms. The zero-order valence-electron chi connectivity index (χ0n) is 15.7. The van der Waals surface area contributed by atoms with Crippen LogP contribution in [0.2, 0.25) is 0 Å². The summed E-state index contributed by atoms with van der Waals surface area (Å²) >= 11 is 1.54. The Kier molecular flexibility index (Phi) is 5.34. The molecule has 1 aliphatic rings. The summed E-state index contributed by atoms with van der Waals surface area (Å²) < 4.78 is 3.16. The summed E-state index contributed by atoms with van der Waals surface area (Å²) in [7, 11) is 0. The van der Waals surface area contributed by atoms with Crippen molar-refractivity contribution in [1.82, 2.24) is 19.7 Å². The molecule has 28 heavy (non-hydrogen) atoms. The molecule has 7 heteroatoms. The highest BCUT2D eigenvalue weighted by molar-refractivity contribution is 7.98. The summed E-state index contributed by atoms with van der Waals surface area (Å²) in [5.41, 5.74) is 1.32. The number of amides is 1. The lowest BCUT2D eigenvalue weighted by atomic mass is 10.2. The summed E-state index contributed by atoms with van der Waals surface area (Å²) in [5.74, 6) is 1.02. The van der Waals surface area contributed by atoms with Crippen LogP contribution >= 0.6 is 11.8 Å². The second-order valence-corrected chi connectivity index (χ2v) is 7.61. The van der Waals surface area contributed by atoms with E-state index >= 15 is 0 Å². The van der Waals surface area contributed by atoms with Gasteiger partial charge in [-0.1, -0.05) is 30.3 Å². The van der Waals surface area contributed by atoms with Gasteiger partial charge in [-0.05, 0) is 43.4 Å². The summed E-state index contributed by atoms with van der Waals surface area (Å²) in [6.45, 7) is 0.683. The van der Waals surface area contributed by atoms with Gasteiger partial charge in [-0.3, -0.25) is 4.79 Å². The van der Waals surface area contributed by atoms with Crippen LogP contribution < -0.4 is 11.0 Å². The SMILES string of the molecule is CSc1ccccc1C(=O)NCCn1nc(C2CC2)n(-c2ccccc2)c1=O. The number of nitrogens with one attached hydrogen (secondary N) is 1. The molecule has 0 unspecified atom stereocenters. The first-order chi connectivity index (χ1) is 13.7. The number of para-hydroxylation sites is 1. The molecule has 144 valence electrons. The number of hydrogen-bond donors (Lipinski definition) is 1. The first-order valence-corrected chi connectivity index (χ1v) is 10.6. The van der Waals surface area contributed by atoms with Crippen molar-refractivity contribution in [2.75, 3.05) is 12.8 Å². The molecule has 4 rings (SSSR count). The Morgan fingerprint density at radius 1 is 1.14 bits per heavy atom. The van der Waals surface area contributed by atoms with E-state index in [0.717, 1.165) is 29.2 Å². The average molecular weight is 395 g/mol. The highest BCUT2D eigenvalue weighted by atomic mass is 32.2.